The lowest BCUT2D eigenvalue weighted by Gasteiger charge is -2.12. The van der Waals surface area contributed by atoms with Gasteiger partial charge in [0, 0.05) is 6.08 Å². The van der Waals surface area contributed by atoms with Gasteiger partial charge < -0.3 is 14.6 Å². The molecule has 0 aliphatic carbocycles. The second-order valence-corrected chi connectivity index (χ2v) is 5.94. The van der Waals surface area contributed by atoms with E-state index in [1.807, 2.05) is 6.92 Å². The summed E-state index contributed by atoms with van der Waals surface area (Å²) in [5.74, 6) is -0.312. The molecule has 2 aliphatic heterocycles. The number of aliphatic hydroxyl groups excluding tert-OH is 1. The van der Waals surface area contributed by atoms with Gasteiger partial charge in [-0.1, -0.05) is 32.1 Å². The zero-order valence-electron chi connectivity index (χ0n) is 12.3. The Hall–Kier alpha value is -0.870. The molecule has 1 fully saturated rings. The minimum atomic E-state index is -0.410. The van der Waals surface area contributed by atoms with Crippen molar-refractivity contribution in [3.63, 3.8) is 0 Å². The van der Waals surface area contributed by atoms with E-state index in [1.54, 1.807) is 6.08 Å². The SMILES string of the molecule is C[C@@H]1CCCCCCCC[C@H](O)[C@H]2O[C@@H]2/C=C\C(=O)O1. The molecule has 0 aromatic carbocycles. The van der Waals surface area contributed by atoms with Crippen LogP contribution in [-0.2, 0) is 14.3 Å². The topological polar surface area (TPSA) is 59.1 Å². The number of carbonyl (C=O) groups excluding carboxylic acids is 1. The van der Waals surface area contributed by atoms with Crippen LogP contribution in [0.5, 0.6) is 0 Å². The molecular weight excluding hydrogens is 256 g/mol. The normalized spacial score (nSPS) is 38.6. The minimum absolute atomic E-state index is 0.0263. The maximum Gasteiger partial charge on any atom is 0.330 e. The number of esters is 1. The number of cyclic esters (lactones) is 1. The third-order valence-electron chi connectivity index (χ3n) is 4.04. The van der Waals surface area contributed by atoms with Crippen molar-refractivity contribution in [3.05, 3.63) is 12.2 Å². The van der Waals surface area contributed by atoms with Crippen molar-refractivity contribution >= 4 is 5.97 Å². The van der Waals surface area contributed by atoms with Gasteiger partial charge in [0.25, 0.3) is 0 Å². The molecule has 0 amide bonds. The molecule has 0 spiro atoms. The predicted octanol–water partition coefficient (Wildman–Crippen LogP) is 2.74. The number of hydrogen-bond donors (Lipinski definition) is 1. The van der Waals surface area contributed by atoms with Gasteiger partial charge in [-0.2, -0.15) is 0 Å². The van der Waals surface area contributed by atoms with E-state index >= 15 is 0 Å². The van der Waals surface area contributed by atoms with Gasteiger partial charge in [-0.3, -0.25) is 0 Å². The molecule has 0 saturated carbocycles. The second-order valence-electron chi connectivity index (χ2n) is 5.94. The summed E-state index contributed by atoms with van der Waals surface area (Å²) < 4.78 is 10.7. The summed E-state index contributed by atoms with van der Waals surface area (Å²) >= 11 is 0. The van der Waals surface area contributed by atoms with Gasteiger partial charge in [0.1, 0.15) is 12.2 Å². The quantitative estimate of drug-likeness (QED) is 0.548. The van der Waals surface area contributed by atoms with E-state index in [9.17, 15) is 9.90 Å². The van der Waals surface area contributed by atoms with Crippen LogP contribution in [0, 0.1) is 0 Å². The van der Waals surface area contributed by atoms with Gasteiger partial charge in [0.15, 0.2) is 0 Å². The molecule has 2 aliphatic rings. The highest BCUT2D eigenvalue weighted by atomic mass is 16.6. The number of epoxide rings is 1. The fourth-order valence-corrected chi connectivity index (χ4v) is 2.73. The molecule has 0 bridgehead atoms. The molecule has 4 atom stereocenters. The number of rotatable bonds is 0. The molecular formula is C16H26O4. The Labute approximate surface area is 121 Å². The van der Waals surface area contributed by atoms with Crippen molar-refractivity contribution in [3.8, 4) is 0 Å². The van der Waals surface area contributed by atoms with Crippen LogP contribution in [0.2, 0.25) is 0 Å². The number of aliphatic hydroxyl groups is 1. The van der Waals surface area contributed by atoms with E-state index in [-0.39, 0.29) is 24.3 Å². The Morgan fingerprint density at radius 2 is 1.75 bits per heavy atom. The Kier molecular flexibility index (Phi) is 6.05. The first-order valence-corrected chi connectivity index (χ1v) is 7.89. The fourth-order valence-electron chi connectivity index (χ4n) is 2.73. The van der Waals surface area contributed by atoms with E-state index in [0.29, 0.717) is 0 Å². The highest BCUT2D eigenvalue weighted by molar-refractivity contribution is 5.82. The molecule has 4 heteroatoms. The summed E-state index contributed by atoms with van der Waals surface area (Å²) in [6.45, 7) is 1.94. The Morgan fingerprint density at radius 3 is 2.50 bits per heavy atom. The van der Waals surface area contributed by atoms with Crippen molar-refractivity contribution in [2.45, 2.75) is 82.7 Å². The van der Waals surface area contributed by atoms with Gasteiger partial charge in [-0.25, -0.2) is 4.79 Å². The lowest BCUT2D eigenvalue weighted by molar-refractivity contribution is -0.142. The maximum atomic E-state index is 11.6. The number of carbonyl (C=O) groups is 1. The first-order valence-electron chi connectivity index (χ1n) is 7.89. The molecule has 1 N–H and O–H groups in total. The zero-order valence-corrected chi connectivity index (χ0v) is 12.3. The fraction of sp³-hybridized carbons (Fsp3) is 0.812. The van der Waals surface area contributed by atoms with Crippen LogP contribution >= 0.6 is 0 Å². The average Bonchev–Trinajstić information content (AvgIpc) is 3.18. The van der Waals surface area contributed by atoms with Crippen LogP contribution in [0.4, 0.5) is 0 Å². The van der Waals surface area contributed by atoms with E-state index in [2.05, 4.69) is 0 Å². The molecule has 0 aromatic heterocycles. The highest BCUT2D eigenvalue weighted by Crippen LogP contribution is 2.29. The van der Waals surface area contributed by atoms with Crippen molar-refractivity contribution in [2.24, 2.45) is 0 Å². The molecule has 20 heavy (non-hydrogen) atoms. The molecule has 1 saturated heterocycles. The Morgan fingerprint density at radius 1 is 1.10 bits per heavy atom. The second kappa shape index (κ2) is 7.79. The third kappa shape index (κ3) is 5.25. The molecule has 0 aromatic rings. The van der Waals surface area contributed by atoms with E-state index in [1.165, 1.54) is 31.8 Å². The first kappa shape index (κ1) is 15.5. The molecule has 4 nitrogen and oxygen atoms in total. The van der Waals surface area contributed by atoms with E-state index in [0.717, 1.165) is 25.7 Å². The smallest absolute Gasteiger partial charge is 0.330 e. The van der Waals surface area contributed by atoms with Crippen molar-refractivity contribution in [2.75, 3.05) is 0 Å². The number of hydrogen-bond acceptors (Lipinski definition) is 4. The summed E-state index contributed by atoms with van der Waals surface area (Å²) in [6.07, 6.45) is 11.1. The first-order chi connectivity index (χ1) is 9.66. The lowest BCUT2D eigenvalue weighted by Crippen LogP contribution is -2.17. The monoisotopic (exact) mass is 282 g/mol. The van der Waals surface area contributed by atoms with E-state index < -0.39 is 6.10 Å². The Bertz CT molecular complexity index is 339. The molecule has 0 radical (unpaired) electrons. The van der Waals surface area contributed by atoms with Crippen LogP contribution < -0.4 is 0 Å². The highest BCUT2D eigenvalue weighted by Gasteiger charge is 2.42. The molecule has 0 unspecified atom stereocenters. The molecule has 114 valence electrons. The van der Waals surface area contributed by atoms with Crippen LogP contribution in [0.25, 0.3) is 0 Å². The summed E-state index contributed by atoms with van der Waals surface area (Å²) in [5.41, 5.74) is 0. The van der Waals surface area contributed by atoms with Crippen LogP contribution in [0.1, 0.15) is 58.3 Å². The maximum absolute atomic E-state index is 11.6. The van der Waals surface area contributed by atoms with Gasteiger partial charge in [-0.15, -0.1) is 0 Å². The van der Waals surface area contributed by atoms with Crippen LogP contribution in [0.3, 0.4) is 0 Å². The average molecular weight is 282 g/mol. The van der Waals surface area contributed by atoms with Crippen molar-refractivity contribution in [1.29, 1.82) is 0 Å². The van der Waals surface area contributed by atoms with Gasteiger partial charge in [0.05, 0.1) is 12.2 Å². The number of fused-ring (bicyclic) bond motifs is 1. The van der Waals surface area contributed by atoms with Gasteiger partial charge >= 0.3 is 5.97 Å². The van der Waals surface area contributed by atoms with Gasteiger partial charge in [-0.05, 0) is 32.3 Å². The third-order valence-corrected chi connectivity index (χ3v) is 4.04. The minimum Gasteiger partial charge on any atom is -0.460 e. The summed E-state index contributed by atoms with van der Waals surface area (Å²) in [6, 6.07) is 0. The van der Waals surface area contributed by atoms with Crippen LogP contribution in [-0.4, -0.2) is 35.5 Å². The molecule has 2 rings (SSSR count). The Balaban J connectivity index is 1.84. The van der Waals surface area contributed by atoms with Crippen molar-refractivity contribution in [1.82, 2.24) is 0 Å². The number of ether oxygens (including phenoxy) is 2. The largest absolute Gasteiger partial charge is 0.460 e. The van der Waals surface area contributed by atoms with Crippen LogP contribution in [0.15, 0.2) is 12.2 Å². The van der Waals surface area contributed by atoms with Crippen molar-refractivity contribution < 1.29 is 19.4 Å². The lowest BCUT2D eigenvalue weighted by atomic mass is 10.0. The standard InChI is InChI=1S/C16H26O4/c1-12-8-6-4-2-3-5-7-9-13(17)16-14(20-16)10-11-15(18)19-12/h10-14,16-17H,2-9H2,1H3/b11-10-/t12-,13+,14-,16-/m1/s1. The van der Waals surface area contributed by atoms with E-state index in [4.69, 9.17) is 9.47 Å². The van der Waals surface area contributed by atoms with Gasteiger partial charge in [0.2, 0.25) is 0 Å². The summed E-state index contributed by atoms with van der Waals surface area (Å²) in [7, 11) is 0. The summed E-state index contributed by atoms with van der Waals surface area (Å²) in [4.78, 5) is 11.6. The molecule has 2 heterocycles. The summed E-state index contributed by atoms with van der Waals surface area (Å²) in [5, 5.41) is 9.96. The zero-order chi connectivity index (χ0) is 14.4. The predicted molar refractivity (Wildman–Crippen MR) is 76.3 cm³/mol.